The smallest absolute Gasteiger partial charge is 0.394 e. The first-order chi connectivity index (χ1) is 25.3. The molecule has 0 radical (unpaired) electrons. The van der Waals surface area contributed by atoms with Crippen molar-refractivity contribution in [2.45, 2.75) is 57.6 Å². The van der Waals surface area contributed by atoms with Gasteiger partial charge in [-0.1, -0.05) is 32.0 Å². The number of nitrogens with zero attached hydrogens (tertiary/aromatic N) is 5. The topological polar surface area (TPSA) is 231 Å². The fourth-order valence-corrected chi connectivity index (χ4v) is 8.65. The van der Waals surface area contributed by atoms with Crippen LogP contribution in [0.4, 0.5) is 5.82 Å². The first-order valence-electron chi connectivity index (χ1n) is 16.8. The molecule has 0 bridgehead atoms. The van der Waals surface area contributed by atoms with Gasteiger partial charge in [-0.05, 0) is 31.2 Å². The number of fused-ring (bicyclic) bond motifs is 2. The molecule has 10 atom stereocenters. The monoisotopic (exact) mass is 770 g/mol. The number of aryl methyl sites for hydroxylation is 1. The third-order valence-corrected chi connectivity index (χ3v) is 11.2. The van der Waals surface area contributed by atoms with Crippen molar-refractivity contribution in [1.29, 1.82) is 0 Å². The van der Waals surface area contributed by atoms with Crippen LogP contribution >= 0.6 is 15.9 Å². The minimum absolute atomic E-state index is 0.244. The molecule has 4 aromatic heterocycles. The minimum Gasteiger partial charge on any atom is -0.394 e. The first kappa shape index (κ1) is 37.1. The average Bonchev–Trinajstić information content (AvgIpc) is 3.89. The number of nitrogens with one attached hydrogen (secondary N) is 2. The summed E-state index contributed by atoms with van der Waals surface area (Å²) in [6.45, 7) is 5.80. The summed E-state index contributed by atoms with van der Waals surface area (Å²) in [4.78, 5) is 50.8. The van der Waals surface area contributed by atoms with Crippen molar-refractivity contribution >= 4 is 49.6 Å². The first-order valence-corrected chi connectivity index (χ1v) is 19.9. The van der Waals surface area contributed by atoms with Crippen LogP contribution < -0.4 is 10.9 Å². The number of carbonyl (C=O) groups excluding carboxylic acids is 1. The number of ether oxygens (including phenoxy) is 2. The van der Waals surface area contributed by atoms with Crippen LogP contribution in [0, 0.1) is 18.8 Å². The van der Waals surface area contributed by atoms with E-state index in [9.17, 15) is 28.7 Å². The Hall–Kier alpha value is -4.22. The zero-order valence-corrected chi connectivity index (χ0v) is 30.8. The van der Waals surface area contributed by atoms with Gasteiger partial charge in [-0.3, -0.25) is 14.2 Å². The van der Waals surface area contributed by atoms with Crippen LogP contribution in [-0.4, -0.2) is 89.3 Å². The van der Waals surface area contributed by atoms with E-state index in [1.807, 2.05) is 13.0 Å². The molecule has 280 valence electrons. The number of hydrogen-bond acceptors (Lipinski definition) is 13. The normalized spacial score (nSPS) is 27.3. The van der Waals surface area contributed by atoms with E-state index in [2.05, 4.69) is 25.3 Å². The molecule has 2 aliphatic rings. The quantitative estimate of drug-likeness (QED) is 0.131. The highest BCUT2D eigenvalue weighted by Gasteiger charge is 2.50. The maximum absolute atomic E-state index is 13.9. The second-order valence-electron chi connectivity index (χ2n) is 13.1. The van der Waals surface area contributed by atoms with Crippen molar-refractivity contribution < 1.29 is 47.0 Å². The fourth-order valence-electron chi connectivity index (χ4n) is 6.89. The predicted molar refractivity (Wildman–Crippen MR) is 189 cm³/mol. The summed E-state index contributed by atoms with van der Waals surface area (Å²) in [6.07, 6.45) is -0.535. The van der Waals surface area contributed by atoms with Crippen molar-refractivity contribution in [3.63, 3.8) is 0 Å². The van der Waals surface area contributed by atoms with Gasteiger partial charge in [-0.2, -0.15) is 0 Å². The van der Waals surface area contributed by atoms with Crippen molar-refractivity contribution in [1.82, 2.24) is 29.1 Å². The van der Waals surface area contributed by atoms with E-state index in [1.54, 1.807) is 71.8 Å². The molecule has 4 unspecified atom stereocenters. The highest BCUT2D eigenvalue weighted by atomic mass is 31.2. The molecule has 1 aromatic carbocycles. The van der Waals surface area contributed by atoms with Crippen LogP contribution in [0.5, 0.6) is 0 Å². The number of anilines is 1. The Bertz CT molecular complexity index is 2260. The molecule has 53 heavy (non-hydrogen) atoms. The van der Waals surface area contributed by atoms with Gasteiger partial charge in [0.15, 0.2) is 12.3 Å². The molecule has 6 heterocycles. The summed E-state index contributed by atoms with van der Waals surface area (Å²) >= 11 is 0. The van der Waals surface area contributed by atoms with Gasteiger partial charge in [0.05, 0.1) is 30.1 Å². The van der Waals surface area contributed by atoms with Gasteiger partial charge in [-0.25, -0.2) is 15.0 Å². The number of amides is 1. The molecule has 0 spiro atoms. The van der Waals surface area contributed by atoms with E-state index in [0.29, 0.717) is 39.3 Å². The average molecular weight is 771 g/mol. The lowest BCUT2D eigenvalue weighted by molar-refractivity contribution is -0.0496. The largest absolute Gasteiger partial charge is 0.695 e. The Morgan fingerprint density at radius 2 is 1.70 bits per heavy atom. The Morgan fingerprint density at radius 1 is 1.00 bits per heavy atom. The second kappa shape index (κ2) is 14.9. The second-order valence-corrected chi connectivity index (χ2v) is 15.8. The highest BCUT2D eigenvalue weighted by molar-refractivity contribution is 7.53. The SMILES string of the molecule is Cc1nc2c(ccn2[C@@H]2O[C@H](COP(C)(=O)OC3[C@@H](CO)O[C@@H](n4ccc5c(NC(=O)c6ccccc6)ncnc54)[C@H]3C)C(C)[C@@H]2O[P+](=O)O)c(=O)[nH]1. The maximum Gasteiger partial charge on any atom is 0.695 e. The minimum atomic E-state index is -3.86. The van der Waals surface area contributed by atoms with Crippen LogP contribution in [0.2, 0.25) is 0 Å². The van der Waals surface area contributed by atoms with Gasteiger partial charge in [0.25, 0.3) is 11.5 Å². The number of benzene rings is 1. The Kier molecular flexibility index (Phi) is 10.4. The van der Waals surface area contributed by atoms with E-state index in [4.69, 9.17) is 23.0 Å². The summed E-state index contributed by atoms with van der Waals surface area (Å²) in [5.74, 6) is -0.672. The van der Waals surface area contributed by atoms with E-state index >= 15 is 0 Å². The Balaban J connectivity index is 1.05. The van der Waals surface area contributed by atoms with Crippen LogP contribution in [0.3, 0.4) is 0 Å². The number of H-pyrrole nitrogens is 1. The fraction of sp³-hybridized carbons (Fsp3) is 0.424. The van der Waals surface area contributed by atoms with Gasteiger partial charge < -0.3 is 43.1 Å². The Labute approximate surface area is 302 Å². The molecule has 4 N–H and O–H groups in total. The lowest BCUT2D eigenvalue weighted by Crippen LogP contribution is -2.31. The van der Waals surface area contributed by atoms with Crippen LogP contribution in [0.15, 0.2) is 66.0 Å². The summed E-state index contributed by atoms with van der Waals surface area (Å²) < 4.78 is 58.7. The number of aromatic nitrogens is 6. The van der Waals surface area contributed by atoms with Gasteiger partial charge in [-0.15, -0.1) is 9.42 Å². The predicted octanol–water partition coefficient (Wildman–Crippen LogP) is 4.05. The van der Waals surface area contributed by atoms with Crippen LogP contribution in [0.1, 0.15) is 42.5 Å². The third-order valence-electron chi connectivity index (χ3n) is 9.55. The molecule has 2 aliphatic heterocycles. The summed E-state index contributed by atoms with van der Waals surface area (Å²) in [5.41, 5.74) is 0.872. The zero-order chi connectivity index (χ0) is 37.6. The van der Waals surface area contributed by atoms with Crippen LogP contribution in [-0.2, 0) is 32.2 Å². The number of carbonyl (C=O) groups is 1. The number of hydrogen-bond donors (Lipinski definition) is 4. The standard InChI is InChI=1S/C33H37N7O11P2/c1-17-24(49-33(26(17)50-52(44)45)40-13-11-22-29(40)36-19(3)37-31(22)43)15-47-53(4,46)51-25-18(2)32(48-23(25)14-41)39-12-10-21-27(34-16-35-28(21)39)38-30(42)20-8-6-5-7-9-20/h5-13,16-18,23-26,32-33,41H,14-15H2,1-4H3,(H2-,34,35,36,37,38,42,43,44,45)/p+1/t17?,18-,23+,24+,25?,26-,32+,33+,53?/m0/s1. The third kappa shape index (κ3) is 7.34. The zero-order valence-electron chi connectivity index (χ0n) is 29.0. The van der Waals surface area contributed by atoms with Gasteiger partial charge in [0.2, 0.25) is 0 Å². The van der Waals surface area contributed by atoms with Crippen molar-refractivity contribution in [3.05, 3.63) is 82.9 Å². The molecule has 7 rings (SSSR count). The molecule has 20 heteroatoms. The maximum atomic E-state index is 13.9. The molecular formula is C33H38N7O11P2+. The molecule has 1 amide bonds. The van der Waals surface area contributed by atoms with Crippen molar-refractivity contribution in [2.75, 3.05) is 25.2 Å². The van der Waals surface area contributed by atoms with Crippen LogP contribution in [0.25, 0.3) is 22.1 Å². The van der Waals surface area contributed by atoms with E-state index in [1.165, 1.54) is 13.0 Å². The number of aromatic amines is 1. The highest BCUT2D eigenvalue weighted by Crippen LogP contribution is 2.52. The molecule has 5 aromatic rings. The van der Waals surface area contributed by atoms with E-state index < -0.39 is 71.2 Å². The van der Waals surface area contributed by atoms with E-state index in [-0.39, 0.29) is 18.1 Å². The molecule has 2 fully saturated rings. The van der Waals surface area contributed by atoms with Crippen molar-refractivity contribution in [2.24, 2.45) is 11.8 Å². The summed E-state index contributed by atoms with van der Waals surface area (Å²) in [6, 6.07) is 12.0. The number of aliphatic hydroxyl groups excluding tert-OH is 1. The molecule has 18 nitrogen and oxygen atoms in total. The lowest BCUT2D eigenvalue weighted by atomic mass is 10.0. The van der Waals surface area contributed by atoms with Gasteiger partial charge in [0, 0.05) is 41.0 Å². The molecular weight excluding hydrogens is 732 g/mol. The van der Waals surface area contributed by atoms with Crippen molar-refractivity contribution in [3.8, 4) is 0 Å². The molecule has 0 saturated carbocycles. The number of aliphatic hydroxyl groups is 1. The summed E-state index contributed by atoms with van der Waals surface area (Å²) in [7, 11) is -6.89. The summed E-state index contributed by atoms with van der Waals surface area (Å²) in [5, 5.41) is 14.0. The Morgan fingerprint density at radius 3 is 2.42 bits per heavy atom. The lowest BCUT2D eigenvalue weighted by Gasteiger charge is -2.26. The van der Waals surface area contributed by atoms with E-state index in [0.717, 1.165) is 0 Å². The van der Waals surface area contributed by atoms with Gasteiger partial charge in [0.1, 0.15) is 47.7 Å². The molecule has 2 saturated heterocycles. The number of rotatable bonds is 12. The molecule has 0 aliphatic carbocycles. The van der Waals surface area contributed by atoms with Gasteiger partial charge >= 0.3 is 15.9 Å².